The van der Waals surface area contributed by atoms with Crippen LogP contribution in [-0.2, 0) is 14.3 Å². The van der Waals surface area contributed by atoms with Gasteiger partial charge in [0.2, 0.25) is 0 Å². The highest BCUT2D eigenvalue weighted by molar-refractivity contribution is 5.87. The molecule has 0 bridgehead atoms. The fourth-order valence-corrected chi connectivity index (χ4v) is 2.51. The summed E-state index contributed by atoms with van der Waals surface area (Å²) in [6, 6.07) is 5.80. The molecule has 1 aromatic rings. The third-order valence-electron chi connectivity index (χ3n) is 3.98. The monoisotopic (exact) mass is 354 g/mol. The van der Waals surface area contributed by atoms with Crippen LogP contribution in [0.2, 0.25) is 0 Å². The summed E-state index contributed by atoms with van der Waals surface area (Å²) in [5, 5.41) is 57.7. The predicted molar refractivity (Wildman–Crippen MR) is 82.2 cm³/mol. The zero-order valence-electron chi connectivity index (χ0n) is 12.9. The van der Waals surface area contributed by atoms with Gasteiger partial charge in [-0.2, -0.15) is 0 Å². The molecule has 0 radical (unpaired) electrons. The number of phenols is 1. The second-order valence-corrected chi connectivity index (χ2v) is 5.76. The number of ether oxygens (including phenoxy) is 1. The van der Waals surface area contributed by atoms with Gasteiger partial charge in [-0.25, -0.2) is 9.59 Å². The Morgan fingerprint density at radius 2 is 1.76 bits per heavy atom. The lowest BCUT2D eigenvalue weighted by Crippen LogP contribution is -2.66. The first-order valence-electron chi connectivity index (χ1n) is 7.33. The maximum Gasteiger partial charge on any atom is 0.338 e. The molecule has 0 heterocycles. The number of carbonyl (C=O) groups is 2. The fraction of sp³-hybridized carbons (Fsp3) is 0.375. The number of hydrogen-bond acceptors (Lipinski definition) is 8. The van der Waals surface area contributed by atoms with Gasteiger partial charge >= 0.3 is 11.9 Å². The van der Waals surface area contributed by atoms with Crippen molar-refractivity contribution in [3.63, 3.8) is 0 Å². The molecule has 0 saturated heterocycles. The van der Waals surface area contributed by atoms with E-state index in [0.29, 0.717) is 5.56 Å². The minimum atomic E-state index is -2.76. The summed E-state index contributed by atoms with van der Waals surface area (Å²) in [6.45, 7) is 0. The van der Waals surface area contributed by atoms with Crippen LogP contribution in [0, 0.1) is 0 Å². The van der Waals surface area contributed by atoms with Crippen molar-refractivity contribution in [2.24, 2.45) is 0 Å². The average Bonchev–Trinajstić information content (AvgIpc) is 2.56. The minimum Gasteiger partial charge on any atom is -0.508 e. The molecule has 0 amide bonds. The molecule has 9 heteroatoms. The number of rotatable bonds is 4. The second kappa shape index (κ2) is 7.19. The van der Waals surface area contributed by atoms with E-state index in [4.69, 9.17) is 14.9 Å². The number of carboxylic acid groups (broad SMARTS) is 1. The third kappa shape index (κ3) is 3.97. The number of carbonyl (C=O) groups excluding carboxylic acids is 1. The fourth-order valence-electron chi connectivity index (χ4n) is 2.51. The van der Waals surface area contributed by atoms with E-state index in [1.807, 2.05) is 0 Å². The first-order valence-corrected chi connectivity index (χ1v) is 7.33. The Kier molecular flexibility index (Phi) is 5.43. The van der Waals surface area contributed by atoms with Crippen LogP contribution in [0.25, 0.3) is 6.08 Å². The SMILES string of the molecule is O=C(/C=C/c1ccc(O)cc1)O[C@H]1[C@@H](O)[C@H](O)C[C@](O)(C(=O)O)[C@H]1O. The molecule has 1 aliphatic rings. The van der Waals surface area contributed by atoms with Crippen LogP contribution < -0.4 is 0 Å². The first-order chi connectivity index (χ1) is 11.6. The highest BCUT2D eigenvalue weighted by atomic mass is 16.6. The molecule has 0 spiro atoms. The van der Waals surface area contributed by atoms with Gasteiger partial charge in [-0.15, -0.1) is 0 Å². The Morgan fingerprint density at radius 3 is 2.32 bits per heavy atom. The molecular formula is C16H18O9. The number of hydrogen-bond donors (Lipinski definition) is 6. The van der Waals surface area contributed by atoms with Crippen molar-refractivity contribution in [2.75, 3.05) is 0 Å². The summed E-state index contributed by atoms with van der Waals surface area (Å²) < 4.78 is 4.82. The summed E-state index contributed by atoms with van der Waals surface area (Å²) in [7, 11) is 0. The number of aliphatic carboxylic acids is 1. The molecule has 2 rings (SSSR count). The van der Waals surface area contributed by atoms with Crippen molar-refractivity contribution >= 4 is 18.0 Å². The normalized spacial score (nSPS) is 32.5. The van der Waals surface area contributed by atoms with Crippen molar-refractivity contribution < 1.29 is 45.0 Å². The Labute approximate surface area is 142 Å². The number of aliphatic hydroxyl groups is 4. The van der Waals surface area contributed by atoms with Crippen LogP contribution in [0.1, 0.15) is 12.0 Å². The minimum absolute atomic E-state index is 0.0371. The molecule has 25 heavy (non-hydrogen) atoms. The van der Waals surface area contributed by atoms with Crippen LogP contribution in [-0.4, -0.2) is 72.6 Å². The Hall–Kier alpha value is -2.46. The molecular weight excluding hydrogens is 336 g/mol. The molecule has 0 aliphatic heterocycles. The topological polar surface area (TPSA) is 165 Å². The van der Waals surface area contributed by atoms with Crippen molar-refractivity contribution in [3.05, 3.63) is 35.9 Å². The van der Waals surface area contributed by atoms with Crippen LogP contribution in [0.3, 0.4) is 0 Å². The lowest BCUT2D eigenvalue weighted by Gasteiger charge is -2.42. The van der Waals surface area contributed by atoms with E-state index in [0.717, 1.165) is 6.08 Å². The zero-order chi connectivity index (χ0) is 18.8. The van der Waals surface area contributed by atoms with Gasteiger partial charge in [-0.05, 0) is 23.8 Å². The highest BCUT2D eigenvalue weighted by Crippen LogP contribution is 2.32. The number of carboxylic acids is 1. The molecule has 1 fully saturated rings. The van der Waals surface area contributed by atoms with Crippen molar-refractivity contribution in [2.45, 2.75) is 36.4 Å². The van der Waals surface area contributed by atoms with Gasteiger partial charge in [0.1, 0.15) is 18.0 Å². The highest BCUT2D eigenvalue weighted by Gasteiger charge is 2.57. The number of esters is 1. The summed E-state index contributed by atoms with van der Waals surface area (Å²) in [5.41, 5.74) is -2.22. The van der Waals surface area contributed by atoms with E-state index in [-0.39, 0.29) is 5.75 Å². The molecule has 0 unspecified atom stereocenters. The largest absolute Gasteiger partial charge is 0.508 e. The van der Waals surface area contributed by atoms with E-state index in [1.165, 1.54) is 30.3 Å². The molecule has 1 aliphatic carbocycles. The van der Waals surface area contributed by atoms with Crippen LogP contribution in [0.5, 0.6) is 5.75 Å². The quantitative estimate of drug-likeness (QED) is 0.282. The summed E-state index contributed by atoms with van der Waals surface area (Å²) in [6.07, 6.45) is -5.97. The van der Waals surface area contributed by atoms with Crippen molar-refractivity contribution in [1.82, 2.24) is 0 Å². The van der Waals surface area contributed by atoms with Crippen LogP contribution in [0.15, 0.2) is 30.3 Å². The second-order valence-electron chi connectivity index (χ2n) is 5.76. The predicted octanol–water partition coefficient (Wildman–Crippen LogP) is -1.38. The Bertz CT molecular complexity index is 669. The standard InChI is InChI=1S/C16H18O9/c17-9-4-1-8(2-5-9)3-6-11(19)25-13-12(20)10(18)7-16(24,14(13)21)15(22)23/h1-6,10,12-14,17-18,20-21,24H,7H2,(H,22,23)/b6-3+/t10-,12+,13+,14+,16-/m1/s1. The number of aromatic hydroxyl groups is 1. The average molecular weight is 354 g/mol. The third-order valence-corrected chi connectivity index (χ3v) is 3.98. The van der Waals surface area contributed by atoms with E-state index in [1.54, 1.807) is 0 Å². The van der Waals surface area contributed by atoms with Gasteiger partial charge in [0, 0.05) is 12.5 Å². The molecule has 136 valence electrons. The molecule has 0 aromatic heterocycles. The molecule has 9 nitrogen and oxygen atoms in total. The van der Waals surface area contributed by atoms with Gasteiger partial charge in [-0.3, -0.25) is 0 Å². The lowest BCUT2D eigenvalue weighted by molar-refractivity contribution is -0.233. The van der Waals surface area contributed by atoms with Gasteiger partial charge < -0.3 is 35.4 Å². The Morgan fingerprint density at radius 1 is 1.16 bits per heavy atom. The van der Waals surface area contributed by atoms with Crippen molar-refractivity contribution in [3.8, 4) is 5.75 Å². The van der Waals surface area contributed by atoms with Crippen LogP contribution >= 0.6 is 0 Å². The van der Waals surface area contributed by atoms with Crippen LogP contribution in [0.4, 0.5) is 0 Å². The molecule has 6 N–H and O–H groups in total. The van der Waals surface area contributed by atoms with Gasteiger partial charge in [0.15, 0.2) is 11.7 Å². The van der Waals surface area contributed by atoms with Gasteiger partial charge in [0.25, 0.3) is 0 Å². The van der Waals surface area contributed by atoms with E-state index < -0.39 is 48.4 Å². The van der Waals surface area contributed by atoms with E-state index in [2.05, 4.69) is 0 Å². The van der Waals surface area contributed by atoms with Gasteiger partial charge in [-0.1, -0.05) is 12.1 Å². The summed E-state index contributed by atoms with van der Waals surface area (Å²) in [5.74, 6) is -2.81. The summed E-state index contributed by atoms with van der Waals surface area (Å²) in [4.78, 5) is 23.0. The first kappa shape index (κ1) is 18.9. The summed E-state index contributed by atoms with van der Waals surface area (Å²) >= 11 is 0. The maximum absolute atomic E-state index is 11.8. The number of aliphatic hydroxyl groups excluding tert-OH is 3. The van der Waals surface area contributed by atoms with E-state index >= 15 is 0 Å². The van der Waals surface area contributed by atoms with E-state index in [9.17, 15) is 30.0 Å². The number of benzene rings is 1. The molecule has 1 aromatic carbocycles. The zero-order valence-corrected chi connectivity index (χ0v) is 12.9. The van der Waals surface area contributed by atoms with Crippen molar-refractivity contribution in [1.29, 1.82) is 0 Å². The molecule has 5 atom stereocenters. The number of phenolic OH excluding ortho intramolecular Hbond substituents is 1. The van der Waals surface area contributed by atoms with Gasteiger partial charge in [0.05, 0.1) is 6.10 Å². The maximum atomic E-state index is 11.8. The smallest absolute Gasteiger partial charge is 0.338 e. The molecule has 1 saturated carbocycles. The lowest BCUT2D eigenvalue weighted by atomic mass is 9.77. The Balaban J connectivity index is 2.11.